The van der Waals surface area contributed by atoms with E-state index in [2.05, 4.69) is 16.0 Å². The Morgan fingerprint density at radius 2 is 2.11 bits per heavy atom. The van der Waals surface area contributed by atoms with E-state index >= 15 is 0 Å². The fourth-order valence-electron chi connectivity index (χ4n) is 2.39. The van der Waals surface area contributed by atoms with Crippen molar-refractivity contribution in [1.82, 2.24) is 4.98 Å². The van der Waals surface area contributed by atoms with Crippen LogP contribution in [0.3, 0.4) is 0 Å². The summed E-state index contributed by atoms with van der Waals surface area (Å²) in [5.41, 5.74) is 9.28. The molecule has 0 saturated carbocycles. The molecule has 1 aliphatic rings. The van der Waals surface area contributed by atoms with Gasteiger partial charge in [-0.05, 0) is 35.7 Å². The Morgan fingerprint density at radius 3 is 2.89 bits per heavy atom. The minimum atomic E-state index is -0.305. The van der Waals surface area contributed by atoms with Gasteiger partial charge in [0.2, 0.25) is 0 Å². The summed E-state index contributed by atoms with van der Waals surface area (Å²) in [6, 6.07) is 9.14. The highest BCUT2D eigenvalue weighted by Crippen LogP contribution is 2.26. The summed E-state index contributed by atoms with van der Waals surface area (Å²) >= 11 is 0. The van der Waals surface area contributed by atoms with Crippen LogP contribution in [0.1, 0.15) is 11.1 Å². The predicted octanol–water partition coefficient (Wildman–Crippen LogP) is 2.37. The molecule has 0 unspecified atom stereocenters. The third-order valence-electron chi connectivity index (χ3n) is 3.34. The molecule has 1 aromatic carbocycles. The normalized spacial score (nSPS) is 14.4. The van der Waals surface area contributed by atoms with E-state index in [1.54, 1.807) is 6.07 Å². The summed E-state index contributed by atoms with van der Waals surface area (Å²) in [6.45, 7) is 1.64. The molecule has 3 rings (SSSR count). The van der Waals surface area contributed by atoms with Gasteiger partial charge in [0.05, 0.1) is 6.20 Å². The van der Waals surface area contributed by atoms with Gasteiger partial charge >= 0.3 is 0 Å². The van der Waals surface area contributed by atoms with Gasteiger partial charge in [0.15, 0.2) is 0 Å². The van der Waals surface area contributed by atoms with Crippen LogP contribution >= 0.6 is 0 Å². The fourth-order valence-corrected chi connectivity index (χ4v) is 2.39. The molecule has 1 aliphatic heterocycles. The van der Waals surface area contributed by atoms with Crippen LogP contribution < -0.4 is 10.6 Å². The highest BCUT2D eigenvalue weighted by Gasteiger charge is 2.18. The molecular weight excluding hydrogens is 229 g/mol. The van der Waals surface area contributed by atoms with E-state index in [0.717, 1.165) is 31.0 Å². The van der Waals surface area contributed by atoms with E-state index in [-0.39, 0.29) is 5.82 Å². The van der Waals surface area contributed by atoms with Gasteiger partial charge in [0.1, 0.15) is 11.6 Å². The zero-order valence-corrected chi connectivity index (χ0v) is 9.94. The van der Waals surface area contributed by atoms with Crippen LogP contribution in [0.4, 0.5) is 15.9 Å². The van der Waals surface area contributed by atoms with E-state index in [9.17, 15) is 4.39 Å². The monoisotopic (exact) mass is 243 g/mol. The Bertz CT molecular complexity index is 566. The van der Waals surface area contributed by atoms with Gasteiger partial charge in [0, 0.05) is 18.8 Å². The largest absolute Gasteiger partial charge is 0.398 e. The zero-order valence-electron chi connectivity index (χ0n) is 9.94. The van der Waals surface area contributed by atoms with Crippen molar-refractivity contribution in [1.29, 1.82) is 0 Å². The second-order valence-electron chi connectivity index (χ2n) is 4.49. The third-order valence-corrected chi connectivity index (χ3v) is 3.34. The van der Waals surface area contributed by atoms with Crippen LogP contribution in [0.5, 0.6) is 0 Å². The van der Waals surface area contributed by atoms with Gasteiger partial charge < -0.3 is 10.6 Å². The van der Waals surface area contributed by atoms with Crippen molar-refractivity contribution in [2.24, 2.45) is 0 Å². The van der Waals surface area contributed by atoms with Crippen molar-refractivity contribution < 1.29 is 4.39 Å². The first-order valence-corrected chi connectivity index (χ1v) is 5.97. The molecule has 0 atom stereocenters. The lowest BCUT2D eigenvalue weighted by atomic mass is 9.98. The third kappa shape index (κ3) is 1.90. The van der Waals surface area contributed by atoms with Crippen LogP contribution in [0.15, 0.2) is 36.5 Å². The molecule has 2 heterocycles. The number of hydrogen-bond acceptors (Lipinski definition) is 3. The minimum Gasteiger partial charge on any atom is -0.398 e. The van der Waals surface area contributed by atoms with E-state index in [0.29, 0.717) is 0 Å². The molecule has 2 N–H and O–H groups in total. The molecular formula is C14H14FN3. The summed E-state index contributed by atoms with van der Waals surface area (Å²) < 4.78 is 12.8. The quantitative estimate of drug-likeness (QED) is 0.782. The number of pyridine rings is 1. The molecule has 18 heavy (non-hydrogen) atoms. The van der Waals surface area contributed by atoms with Gasteiger partial charge in [-0.15, -0.1) is 0 Å². The number of benzene rings is 1. The van der Waals surface area contributed by atoms with Crippen LogP contribution in [-0.2, 0) is 13.0 Å². The molecule has 3 nitrogen and oxygen atoms in total. The molecule has 0 bridgehead atoms. The first-order valence-electron chi connectivity index (χ1n) is 5.97. The summed E-state index contributed by atoms with van der Waals surface area (Å²) in [7, 11) is 0. The molecule has 92 valence electrons. The zero-order chi connectivity index (χ0) is 12.5. The number of nitrogens with two attached hydrogens (primary N) is 1. The molecule has 0 radical (unpaired) electrons. The molecule has 1 aromatic heterocycles. The first kappa shape index (κ1) is 11.0. The maximum absolute atomic E-state index is 12.8. The van der Waals surface area contributed by atoms with Gasteiger partial charge in [-0.3, -0.25) is 0 Å². The van der Waals surface area contributed by atoms with Crippen molar-refractivity contribution >= 4 is 11.5 Å². The number of nitrogens with zero attached hydrogens (tertiary/aromatic N) is 2. The molecule has 0 saturated heterocycles. The second kappa shape index (κ2) is 4.29. The molecule has 0 amide bonds. The van der Waals surface area contributed by atoms with Gasteiger partial charge in [0.25, 0.3) is 0 Å². The van der Waals surface area contributed by atoms with Crippen molar-refractivity contribution in [3.63, 3.8) is 0 Å². The number of anilines is 2. The lowest BCUT2D eigenvalue weighted by Gasteiger charge is -2.30. The second-order valence-corrected chi connectivity index (χ2v) is 4.49. The van der Waals surface area contributed by atoms with Crippen molar-refractivity contribution in [2.75, 3.05) is 17.2 Å². The van der Waals surface area contributed by atoms with Crippen molar-refractivity contribution in [3.05, 3.63) is 53.5 Å². The van der Waals surface area contributed by atoms with Gasteiger partial charge in [-0.1, -0.05) is 12.1 Å². The molecule has 0 aliphatic carbocycles. The van der Waals surface area contributed by atoms with Gasteiger partial charge in [-0.2, -0.15) is 0 Å². The van der Waals surface area contributed by atoms with Gasteiger partial charge in [-0.25, -0.2) is 9.37 Å². The number of halogens is 1. The summed E-state index contributed by atoms with van der Waals surface area (Å²) in [5, 5.41) is 0. The fraction of sp³-hybridized carbons (Fsp3) is 0.214. The summed E-state index contributed by atoms with van der Waals surface area (Å²) in [5.74, 6) is 0.505. The first-order chi connectivity index (χ1) is 8.74. The highest BCUT2D eigenvalue weighted by molar-refractivity contribution is 5.55. The average molecular weight is 243 g/mol. The Labute approximate surface area is 105 Å². The molecule has 0 spiro atoms. The number of nitrogen functional groups attached to an aromatic ring is 1. The van der Waals surface area contributed by atoms with Crippen LogP contribution in [0.2, 0.25) is 0 Å². The van der Waals surface area contributed by atoms with Crippen molar-refractivity contribution in [2.45, 2.75) is 13.0 Å². The SMILES string of the molecule is Nc1cccc2c1CCN(c1ccc(F)cn1)C2. The summed E-state index contributed by atoms with van der Waals surface area (Å²) in [6.07, 6.45) is 2.16. The van der Waals surface area contributed by atoms with Crippen LogP contribution in [0, 0.1) is 5.82 Å². The molecule has 2 aromatic rings. The highest BCUT2D eigenvalue weighted by atomic mass is 19.1. The predicted molar refractivity (Wildman–Crippen MR) is 69.8 cm³/mol. The standard InChI is InChI=1S/C14H14FN3/c15-11-4-5-14(17-8-11)18-7-6-12-10(9-18)2-1-3-13(12)16/h1-5,8H,6-7,9,16H2. The Balaban J connectivity index is 1.89. The Morgan fingerprint density at radius 1 is 1.22 bits per heavy atom. The van der Waals surface area contributed by atoms with Crippen molar-refractivity contribution in [3.8, 4) is 0 Å². The molecule has 0 fully saturated rings. The number of hydrogen-bond donors (Lipinski definition) is 1. The van der Waals surface area contributed by atoms with E-state index in [4.69, 9.17) is 5.73 Å². The number of aromatic nitrogens is 1. The van der Waals surface area contributed by atoms with E-state index in [1.165, 1.54) is 23.4 Å². The average Bonchev–Trinajstić information content (AvgIpc) is 2.39. The minimum absolute atomic E-state index is 0.305. The summed E-state index contributed by atoms with van der Waals surface area (Å²) in [4.78, 5) is 6.26. The lowest BCUT2D eigenvalue weighted by Crippen LogP contribution is -2.31. The van der Waals surface area contributed by atoms with Crippen LogP contribution in [0.25, 0.3) is 0 Å². The Hall–Kier alpha value is -2.10. The number of rotatable bonds is 1. The topological polar surface area (TPSA) is 42.1 Å². The lowest BCUT2D eigenvalue weighted by molar-refractivity contribution is 0.619. The maximum Gasteiger partial charge on any atom is 0.141 e. The smallest absolute Gasteiger partial charge is 0.141 e. The number of fused-ring (bicyclic) bond motifs is 1. The van der Waals surface area contributed by atoms with E-state index < -0.39 is 0 Å². The Kier molecular flexibility index (Phi) is 2.63. The van der Waals surface area contributed by atoms with E-state index in [1.807, 2.05) is 12.1 Å². The maximum atomic E-state index is 12.8. The molecule has 4 heteroatoms. The van der Waals surface area contributed by atoms with Crippen LogP contribution in [-0.4, -0.2) is 11.5 Å².